The van der Waals surface area contributed by atoms with E-state index in [1.807, 2.05) is 4.90 Å². The first-order valence-electron chi connectivity index (χ1n) is 14.6. The van der Waals surface area contributed by atoms with Crippen LogP contribution >= 0.6 is 0 Å². The van der Waals surface area contributed by atoms with Gasteiger partial charge in [-0.05, 0) is 49.9 Å². The average molecular weight is 500 g/mol. The van der Waals surface area contributed by atoms with Crippen molar-refractivity contribution in [3.63, 3.8) is 0 Å². The SMILES string of the molecule is CC(C)c1nnc(C2CC3(CCN(C(=O)CCC4CCCCC4)CC3)CN2CC(=O)N2CCCC2)o1. The highest BCUT2D eigenvalue weighted by Gasteiger charge is 2.49. The Morgan fingerprint density at radius 3 is 2.31 bits per heavy atom. The fourth-order valence-corrected chi connectivity index (χ4v) is 6.96. The minimum atomic E-state index is -0.0230. The molecular formula is C28H45N5O3. The van der Waals surface area contributed by atoms with Gasteiger partial charge in [0.25, 0.3) is 0 Å². The van der Waals surface area contributed by atoms with Crippen LogP contribution in [0.4, 0.5) is 0 Å². The lowest BCUT2D eigenvalue weighted by Crippen LogP contribution is -2.45. The highest BCUT2D eigenvalue weighted by Crippen LogP contribution is 2.49. The van der Waals surface area contributed by atoms with Gasteiger partial charge in [0, 0.05) is 45.1 Å². The first kappa shape index (κ1) is 25.7. The molecule has 1 unspecified atom stereocenters. The molecule has 4 aliphatic rings. The summed E-state index contributed by atoms with van der Waals surface area (Å²) in [5.41, 5.74) is 0.0998. The minimum absolute atomic E-state index is 0.0230. The second kappa shape index (κ2) is 11.2. The number of carbonyl (C=O) groups excluding carboxylic acids is 2. The Hall–Kier alpha value is -1.96. The van der Waals surface area contributed by atoms with Gasteiger partial charge in [-0.3, -0.25) is 14.5 Å². The standard InChI is InChI=1S/C28H45N5O3/c1-21(2)26-29-30-27(36-26)23-18-28(20-33(23)19-25(35)31-14-6-7-15-31)12-16-32(17-13-28)24(34)11-10-22-8-4-3-5-9-22/h21-23H,3-20H2,1-2H3. The lowest BCUT2D eigenvalue weighted by atomic mass is 9.76. The average Bonchev–Trinajstić information content (AvgIpc) is 3.64. The zero-order valence-electron chi connectivity index (χ0n) is 22.4. The van der Waals surface area contributed by atoms with Gasteiger partial charge >= 0.3 is 0 Å². The molecule has 0 radical (unpaired) electrons. The van der Waals surface area contributed by atoms with Crippen molar-refractivity contribution < 1.29 is 14.0 Å². The van der Waals surface area contributed by atoms with Crippen molar-refractivity contribution in [2.45, 2.75) is 103 Å². The Labute approximate surface area is 216 Å². The molecule has 1 atom stereocenters. The van der Waals surface area contributed by atoms with Crippen LogP contribution in [0.15, 0.2) is 4.42 Å². The largest absolute Gasteiger partial charge is 0.423 e. The van der Waals surface area contributed by atoms with Crippen LogP contribution in [0.3, 0.4) is 0 Å². The first-order chi connectivity index (χ1) is 17.4. The molecule has 2 amide bonds. The number of rotatable bonds is 7. The van der Waals surface area contributed by atoms with E-state index in [0.29, 0.717) is 30.7 Å². The van der Waals surface area contributed by atoms with Gasteiger partial charge in [0.15, 0.2) is 0 Å². The topological polar surface area (TPSA) is 82.8 Å². The van der Waals surface area contributed by atoms with E-state index in [1.165, 1.54) is 32.1 Å². The van der Waals surface area contributed by atoms with Crippen molar-refractivity contribution >= 4 is 11.8 Å². The lowest BCUT2D eigenvalue weighted by molar-refractivity contribution is -0.133. The van der Waals surface area contributed by atoms with Gasteiger partial charge in [-0.1, -0.05) is 46.0 Å². The summed E-state index contributed by atoms with van der Waals surface area (Å²) in [6.45, 7) is 8.79. The zero-order valence-corrected chi connectivity index (χ0v) is 22.4. The van der Waals surface area contributed by atoms with Gasteiger partial charge in [0.2, 0.25) is 23.6 Å². The van der Waals surface area contributed by atoms with Gasteiger partial charge in [-0.15, -0.1) is 10.2 Å². The van der Waals surface area contributed by atoms with E-state index in [-0.39, 0.29) is 23.3 Å². The summed E-state index contributed by atoms with van der Waals surface area (Å²) in [6.07, 6.45) is 13.5. The molecule has 200 valence electrons. The van der Waals surface area contributed by atoms with Crippen LogP contribution in [0.5, 0.6) is 0 Å². The summed E-state index contributed by atoms with van der Waals surface area (Å²) in [7, 11) is 0. The van der Waals surface area contributed by atoms with Crippen molar-refractivity contribution in [3.05, 3.63) is 11.8 Å². The van der Waals surface area contributed by atoms with Gasteiger partial charge < -0.3 is 14.2 Å². The number of piperidine rings is 1. The highest BCUT2D eigenvalue weighted by atomic mass is 16.4. The molecule has 5 rings (SSSR count). The third-order valence-corrected chi connectivity index (χ3v) is 9.31. The second-order valence-electron chi connectivity index (χ2n) is 12.3. The summed E-state index contributed by atoms with van der Waals surface area (Å²) < 4.78 is 6.10. The van der Waals surface area contributed by atoms with E-state index in [9.17, 15) is 9.59 Å². The number of hydrogen-bond donors (Lipinski definition) is 0. The minimum Gasteiger partial charge on any atom is -0.423 e. The summed E-state index contributed by atoms with van der Waals surface area (Å²) in [4.78, 5) is 32.5. The summed E-state index contributed by atoms with van der Waals surface area (Å²) in [5.74, 6) is 2.80. The van der Waals surface area contributed by atoms with E-state index in [0.717, 1.165) is 77.2 Å². The maximum atomic E-state index is 13.1. The molecule has 1 aliphatic carbocycles. The number of hydrogen-bond acceptors (Lipinski definition) is 6. The Morgan fingerprint density at radius 1 is 0.944 bits per heavy atom. The predicted octanol–water partition coefficient (Wildman–Crippen LogP) is 4.53. The molecule has 0 N–H and O–H groups in total. The third-order valence-electron chi connectivity index (χ3n) is 9.31. The smallest absolute Gasteiger partial charge is 0.236 e. The van der Waals surface area contributed by atoms with E-state index in [1.54, 1.807) is 0 Å². The van der Waals surface area contributed by atoms with Crippen LogP contribution in [0.1, 0.15) is 115 Å². The Kier molecular flexibility index (Phi) is 7.99. The molecular weight excluding hydrogens is 454 g/mol. The molecule has 8 nitrogen and oxygen atoms in total. The number of nitrogens with zero attached hydrogens (tertiary/aromatic N) is 5. The van der Waals surface area contributed by atoms with E-state index >= 15 is 0 Å². The Morgan fingerprint density at radius 2 is 1.64 bits per heavy atom. The number of carbonyl (C=O) groups is 2. The molecule has 1 saturated carbocycles. The summed E-state index contributed by atoms with van der Waals surface area (Å²) >= 11 is 0. The van der Waals surface area contributed by atoms with Crippen molar-refractivity contribution in [1.82, 2.24) is 24.9 Å². The third kappa shape index (κ3) is 5.79. The molecule has 4 heterocycles. The Balaban J connectivity index is 1.21. The van der Waals surface area contributed by atoms with Crippen LogP contribution in [-0.2, 0) is 9.59 Å². The van der Waals surface area contributed by atoms with Crippen molar-refractivity contribution in [3.8, 4) is 0 Å². The molecule has 8 heteroatoms. The van der Waals surface area contributed by atoms with Crippen LogP contribution in [0.25, 0.3) is 0 Å². The number of amides is 2. The zero-order chi connectivity index (χ0) is 25.1. The van der Waals surface area contributed by atoms with Crippen LogP contribution in [0.2, 0.25) is 0 Å². The van der Waals surface area contributed by atoms with E-state index in [2.05, 4.69) is 33.8 Å². The van der Waals surface area contributed by atoms with E-state index in [4.69, 9.17) is 4.42 Å². The molecule has 36 heavy (non-hydrogen) atoms. The summed E-state index contributed by atoms with van der Waals surface area (Å²) in [6, 6.07) is -0.0230. The van der Waals surface area contributed by atoms with Gasteiger partial charge in [0.1, 0.15) is 0 Å². The molecule has 3 saturated heterocycles. The van der Waals surface area contributed by atoms with Crippen molar-refractivity contribution in [1.29, 1.82) is 0 Å². The fourth-order valence-electron chi connectivity index (χ4n) is 6.96. The van der Waals surface area contributed by atoms with Crippen LogP contribution < -0.4 is 0 Å². The van der Waals surface area contributed by atoms with Gasteiger partial charge in [-0.25, -0.2) is 0 Å². The first-order valence-corrected chi connectivity index (χ1v) is 14.6. The lowest BCUT2D eigenvalue weighted by Gasteiger charge is -2.39. The van der Waals surface area contributed by atoms with Crippen LogP contribution in [0, 0.1) is 11.3 Å². The van der Waals surface area contributed by atoms with Gasteiger partial charge in [0.05, 0.1) is 12.6 Å². The molecule has 1 spiro atoms. The molecule has 0 aromatic carbocycles. The van der Waals surface area contributed by atoms with Gasteiger partial charge in [-0.2, -0.15) is 0 Å². The fraction of sp³-hybridized carbons (Fsp3) is 0.857. The normalized spacial score (nSPS) is 25.4. The quantitative estimate of drug-likeness (QED) is 0.548. The molecule has 1 aromatic heterocycles. The monoisotopic (exact) mass is 499 g/mol. The molecule has 4 fully saturated rings. The van der Waals surface area contributed by atoms with Crippen LogP contribution in [-0.4, -0.2) is 76.0 Å². The van der Waals surface area contributed by atoms with Crippen molar-refractivity contribution in [2.24, 2.45) is 11.3 Å². The Bertz CT molecular complexity index is 895. The highest BCUT2D eigenvalue weighted by molar-refractivity contribution is 5.78. The molecule has 3 aliphatic heterocycles. The molecule has 0 bridgehead atoms. The predicted molar refractivity (Wildman–Crippen MR) is 137 cm³/mol. The van der Waals surface area contributed by atoms with Crippen molar-refractivity contribution in [2.75, 3.05) is 39.3 Å². The summed E-state index contributed by atoms with van der Waals surface area (Å²) in [5, 5.41) is 8.70. The second-order valence-corrected chi connectivity index (χ2v) is 12.3. The van der Waals surface area contributed by atoms with E-state index < -0.39 is 0 Å². The maximum Gasteiger partial charge on any atom is 0.236 e. The number of aromatic nitrogens is 2. The maximum absolute atomic E-state index is 13.1. The number of likely N-dealkylation sites (tertiary alicyclic amines) is 3. The molecule has 1 aromatic rings.